The smallest absolute Gasteiger partial charge is 0.282 e. The molecule has 1 aliphatic heterocycles. The van der Waals surface area contributed by atoms with E-state index in [2.05, 4.69) is 21.0 Å². The van der Waals surface area contributed by atoms with Gasteiger partial charge in [0.1, 0.15) is 5.82 Å². The molecule has 38 heavy (non-hydrogen) atoms. The van der Waals surface area contributed by atoms with E-state index in [-0.39, 0.29) is 39.8 Å². The molecule has 1 aliphatic carbocycles. The molecule has 200 valence electrons. The molecule has 0 spiro atoms. The van der Waals surface area contributed by atoms with Gasteiger partial charge in [-0.15, -0.1) is 0 Å². The van der Waals surface area contributed by atoms with Gasteiger partial charge in [0.2, 0.25) is 0 Å². The summed E-state index contributed by atoms with van der Waals surface area (Å²) in [6.07, 6.45) is 6.87. The Balaban J connectivity index is 1.42. The molecule has 5 rings (SSSR count). The van der Waals surface area contributed by atoms with E-state index in [0.29, 0.717) is 48.6 Å². The first kappa shape index (κ1) is 27.1. The van der Waals surface area contributed by atoms with Crippen LogP contribution < -0.4 is 10.3 Å². The van der Waals surface area contributed by atoms with Crippen LogP contribution in [0.15, 0.2) is 44.7 Å². The number of hydrogen-bond donors (Lipinski definition) is 0. The Morgan fingerprint density at radius 1 is 1.13 bits per heavy atom. The summed E-state index contributed by atoms with van der Waals surface area (Å²) in [5.74, 6) is 0.897. The van der Waals surface area contributed by atoms with Gasteiger partial charge in [0.05, 0.1) is 40.4 Å². The molecule has 1 aromatic heterocycles. The Bertz CT molecular complexity index is 1410. The second-order valence-corrected chi connectivity index (χ2v) is 11.2. The average molecular weight is 622 g/mol. The number of hydrogen-bond acceptors (Lipinski definition) is 6. The molecule has 0 N–H and O–H groups in total. The number of benzene rings is 2. The highest BCUT2D eigenvalue weighted by Gasteiger charge is 2.23. The first-order chi connectivity index (χ1) is 18.4. The van der Waals surface area contributed by atoms with Gasteiger partial charge in [-0.05, 0) is 48.7 Å². The van der Waals surface area contributed by atoms with Crippen LogP contribution in [0.5, 0.6) is 5.75 Å². The Kier molecular flexibility index (Phi) is 8.67. The number of carbonyl (C=O) groups is 1. The summed E-state index contributed by atoms with van der Waals surface area (Å²) < 4.78 is 13.1. The molecule has 0 atom stereocenters. The highest BCUT2D eigenvalue weighted by molar-refractivity contribution is 9.10. The van der Waals surface area contributed by atoms with Crippen LogP contribution in [0.1, 0.15) is 49.4 Å². The summed E-state index contributed by atoms with van der Waals surface area (Å²) in [5.41, 5.74) is 1.01. The Hall–Kier alpha value is -2.46. The van der Waals surface area contributed by atoms with E-state index in [9.17, 15) is 9.59 Å². The van der Waals surface area contributed by atoms with Crippen LogP contribution >= 0.6 is 39.1 Å². The van der Waals surface area contributed by atoms with E-state index < -0.39 is 0 Å². The lowest BCUT2D eigenvalue weighted by Crippen LogP contribution is -2.43. The number of amides is 1. The summed E-state index contributed by atoms with van der Waals surface area (Å²) in [4.78, 5) is 32.5. The Morgan fingerprint density at radius 2 is 1.84 bits per heavy atom. The SMILES string of the molecule is O=C(COc1c(Cl)cc(C=Nn2c(C3CCCCC3)nc3ccc(Br)cc3c2=O)cc1Cl)N1CCOCC1. The molecule has 2 heterocycles. The number of aromatic nitrogens is 2. The van der Waals surface area contributed by atoms with Crippen molar-refractivity contribution in [2.24, 2.45) is 5.10 Å². The van der Waals surface area contributed by atoms with Crippen LogP contribution in [0.25, 0.3) is 10.9 Å². The van der Waals surface area contributed by atoms with Gasteiger partial charge in [0.25, 0.3) is 11.5 Å². The van der Waals surface area contributed by atoms with E-state index >= 15 is 0 Å². The van der Waals surface area contributed by atoms with Crippen molar-refractivity contribution in [2.75, 3.05) is 32.9 Å². The largest absolute Gasteiger partial charge is 0.481 e. The summed E-state index contributed by atoms with van der Waals surface area (Å²) in [6, 6.07) is 8.78. The van der Waals surface area contributed by atoms with Gasteiger partial charge in [-0.2, -0.15) is 9.78 Å². The first-order valence-electron chi connectivity index (χ1n) is 12.6. The van der Waals surface area contributed by atoms with Crippen molar-refractivity contribution in [1.82, 2.24) is 14.6 Å². The van der Waals surface area contributed by atoms with Gasteiger partial charge in [0.15, 0.2) is 12.4 Å². The van der Waals surface area contributed by atoms with E-state index in [4.69, 9.17) is 37.7 Å². The van der Waals surface area contributed by atoms with E-state index in [0.717, 1.165) is 30.2 Å². The zero-order valence-corrected chi connectivity index (χ0v) is 23.8. The maximum atomic E-state index is 13.5. The van der Waals surface area contributed by atoms with Crippen molar-refractivity contribution >= 4 is 62.2 Å². The summed E-state index contributed by atoms with van der Waals surface area (Å²) >= 11 is 16.4. The molecular weight excluding hydrogens is 595 g/mol. The third-order valence-corrected chi connectivity index (χ3v) is 7.91. The standard InChI is InChI=1S/C27H27BrCl2N4O4/c28-19-6-7-23-20(14-19)27(36)34(26(32-23)18-4-2-1-3-5-18)31-15-17-12-21(29)25(22(30)13-17)38-16-24(35)33-8-10-37-11-9-33/h6-7,12-15,18H,1-5,8-11,16H2. The fourth-order valence-electron chi connectivity index (χ4n) is 4.86. The van der Waals surface area contributed by atoms with Crippen LogP contribution in [0, 0.1) is 0 Å². The van der Waals surface area contributed by atoms with Crippen molar-refractivity contribution in [1.29, 1.82) is 0 Å². The molecule has 1 saturated carbocycles. The van der Waals surface area contributed by atoms with Gasteiger partial charge in [0, 0.05) is 23.5 Å². The molecule has 1 amide bonds. The molecule has 0 bridgehead atoms. The van der Waals surface area contributed by atoms with Gasteiger partial charge in [-0.3, -0.25) is 9.59 Å². The van der Waals surface area contributed by atoms with Gasteiger partial charge >= 0.3 is 0 Å². The summed E-state index contributed by atoms with van der Waals surface area (Å²) in [7, 11) is 0. The fraction of sp³-hybridized carbons (Fsp3) is 0.407. The Morgan fingerprint density at radius 3 is 2.55 bits per heavy atom. The minimum absolute atomic E-state index is 0.156. The molecule has 1 saturated heterocycles. The molecule has 0 unspecified atom stereocenters. The summed E-state index contributed by atoms with van der Waals surface area (Å²) in [6.45, 7) is 1.91. The number of fused-ring (bicyclic) bond motifs is 1. The van der Waals surface area contributed by atoms with Crippen molar-refractivity contribution in [3.8, 4) is 5.75 Å². The molecule has 3 aromatic rings. The lowest BCUT2D eigenvalue weighted by Gasteiger charge is -2.26. The predicted octanol–water partition coefficient (Wildman–Crippen LogP) is 5.63. The van der Waals surface area contributed by atoms with E-state index in [1.807, 2.05) is 12.1 Å². The minimum atomic E-state index is -0.230. The normalized spacial score (nSPS) is 16.9. The van der Waals surface area contributed by atoms with Crippen LogP contribution in [0.2, 0.25) is 10.0 Å². The second-order valence-electron chi connectivity index (χ2n) is 9.42. The number of ether oxygens (including phenoxy) is 2. The number of carbonyl (C=O) groups excluding carboxylic acids is 1. The molecular formula is C27H27BrCl2N4O4. The summed E-state index contributed by atoms with van der Waals surface area (Å²) in [5, 5.41) is 5.52. The van der Waals surface area contributed by atoms with Gasteiger partial charge in [-0.25, -0.2) is 4.98 Å². The third-order valence-electron chi connectivity index (χ3n) is 6.85. The van der Waals surface area contributed by atoms with Crippen molar-refractivity contribution in [2.45, 2.75) is 38.0 Å². The van der Waals surface area contributed by atoms with Gasteiger partial charge in [-0.1, -0.05) is 58.4 Å². The van der Waals surface area contributed by atoms with Crippen LogP contribution in [-0.2, 0) is 9.53 Å². The molecule has 8 nitrogen and oxygen atoms in total. The predicted molar refractivity (Wildman–Crippen MR) is 152 cm³/mol. The second kappa shape index (κ2) is 12.2. The Labute approximate surface area is 238 Å². The van der Waals surface area contributed by atoms with Crippen molar-refractivity contribution in [3.05, 3.63) is 66.6 Å². The molecule has 11 heteroatoms. The average Bonchev–Trinajstić information content (AvgIpc) is 2.93. The number of morpholine rings is 1. The third kappa shape index (κ3) is 6.06. The minimum Gasteiger partial charge on any atom is -0.481 e. The maximum Gasteiger partial charge on any atom is 0.282 e. The molecule has 0 radical (unpaired) electrons. The zero-order chi connectivity index (χ0) is 26.6. The highest BCUT2D eigenvalue weighted by atomic mass is 79.9. The van der Waals surface area contributed by atoms with Crippen LogP contribution in [0.3, 0.4) is 0 Å². The van der Waals surface area contributed by atoms with Crippen molar-refractivity contribution < 1.29 is 14.3 Å². The molecule has 2 aromatic carbocycles. The molecule has 2 aliphatic rings. The van der Waals surface area contributed by atoms with Crippen molar-refractivity contribution in [3.63, 3.8) is 0 Å². The number of nitrogens with zero attached hydrogens (tertiary/aromatic N) is 4. The van der Waals surface area contributed by atoms with Crippen LogP contribution in [0.4, 0.5) is 0 Å². The molecule has 2 fully saturated rings. The quantitative estimate of drug-likeness (QED) is 0.333. The van der Waals surface area contributed by atoms with E-state index in [1.54, 1.807) is 29.3 Å². The number of rotatable bonds is 6. The lowest BCUT2D eigenvalue weighted by molar-refractivity contribution is -0.137. The fourth-order valence-corrected chi connectivity index (χ4v) is 5.83. The first-order valence-corrected chi connectivity index (χ1v) is 14.2. The lowest BCUT2D eigenvalue weighted by atomic mass is 9.88. The monoisotopic (exact) mass is 620 g/mol. The van der Waals surface area contributed by atoms with E-state index in [1.165, 1.54) is 11.1 Å². The van der Waals surface area contributed by atoms with Crippen LogP contribution in [-0.4, -0.2) is 59.6 Å². The van der Waals surface area contributed by atoms with Gasteiger partial charge < -0.3 is 14.4 Å². The topological polar surface area (TPSA) is 86.0 Å². The number of halogens is 3. The zero-order valence-electron chi connectivity index (χ0n) is 20.7. The maximum absolute atomic E-state index is 13.5. The highest BCUT2D eigenvalue weighted by Crippen LogP contribution is 2.34.